The van der Waals surface area contributed by atoms with Crippen LogP contribution in [-0.2, 0) is 32.7 Å². The fourth-order valence-electron chi connectivity index (χ4n) is 4.51. The van der Waals surface area contributed by atoms with Crippen LogP contribution < -0.4 is 5.73 Å². The van der Waals surface area contributed by atoms with Gasteiger partial charge in [-0.15, -0.1) is 0 Å². The summed E-state index contributed by atoms with van der Waals surface area (Å²) in [4.78, 5) is 34.6. The van der Waals surface area contributed by atoms with Crippen LogP contribution in [-0.4, -0.2) is 49.3 Å². The van der Waals surface area contributed by atoms with Gasteiger partial charge in [-0.3, -0.25) is 18.6 Å². The molecular formula is C36H66NO8P. The van der Waals surface area contributed by atoms with Gasteiger partial charge in [-0.1, -0.05) is 115 Å². The third-order valence-electron chi connectivity index (χ3n) is 7.25. The van der Waals surface area contributed by atoms with Crippen molar-refractivity contribution in [1.29, 1.82) is 0 Å². The summed E-state index contributed by atoms with van der Waals surface area (Å²) in [6, 6.07) is 0. The molecule has 0 aliphatic carbocycles. The minimum Gasteiger partial charge on any atom is -0.462 e. The van der Waals surface area contributed by atoms with Gasteiger partial charge in [0.05, 0.1) is 13.2 Å². The smallest absolute Gasteiger partial charge is 0.462 e. The largest absolute Gasteiger partial charge is 0.472 e. The summed E-state index contributed by atoms with van der Waals surface area (Å²) in [6.45, 7) is 3.60. The van der Waals surface area contributed by atoms with Gasteiger partial charge >= 0.3 is 19.8 Å². The Morgan fingerprint density at radius 1 is 0.652 bits per heavy atom. The lowest BCUT2D eigenvalue weighted by Crippen LogP contribution is -2.29. The van der Waals surface area contributed by atoms with Crippen LogP contribution in [0.25, 0.3) is 0 Å². The Balaban J connectivity index is 4.29. The number of esters is 2. The van der Waals surface area contributed by atoms with E-state index in [1.807, 2.05) is 0 Å². The van der Waals surface area contributed by atoms with E-state index in [0.29, 0.717) is 12.8 Å². The second-order valence-electron chi connectivity index (χ2n) is 11.7. The van der Waals surface area contributed by atoms with Gasteiger partial charge in [0.25, 0.3) is 0 Å². The molecule has 0 bridgehead atoms. The Bertz CT molecular complexity index is 861. The molecule has 10 heteroatoms. The monoisotopic (exact) mass is 671 g/mol. The van der Waals surface area contributed by atoms with Gasteiger partial charge in [-0.2, -0.15) is 0 Å². The second kappa shape index (κ2) is 33.1. The van der Waals surface area contributed by atoms with Crippen LogP contribution in [0.2, 0.25) is 0 Å². The van der Waals surface area contributed by atoms with E-state index in [-0.39, 0.29) is 32.6 Å². The summed E-state index contributed by atoms with van der Waals surface area (Å²) >= 11 is 0. The molecule has 1 unspecified atom stereocenters. The maximum atomic E-state index is 12.5. The lowest BCUT2D eigenvalue weighted by molar-refractivity contribution is -0.161. The van der Waals surface area contributed by atoms with E-state index in [1.165, 1.54) is 25.7 Å². The van der Waals surface area contributed by atoms with E-state index in [4.69, 9.17) is 24.3 Å². The van der Waals surface area contributed by atoms with Gasteiger partial charge < -0.3 is 20.1 Å². The highest BCUT2D eigenvalue weighted by Crippen LogP contribution is 2.43. The molecule has 0 spiro atoms. The normalized spacial score (nSPS) is 13.9. The van der Waals surface area contributed by atoms with Crippen molar-refractivity contribution < 1.29 is 37.6 Å². The number of rotatable bonds is 33. The quantitative estimate of drug-likeness (QED) is 0.0303. The van der Waals surface area contributed by atoms with E-state index in [0.717, 1.165) is 83.5 Å². The number of nitrogens with two attached hydrogens (primary N) is 1. The van der Waals surface area contributed by atoms with Crippen LogP contribution in [0, 0.1) is 0 Å². The maximum absolute atomic E-state index is 12.5. The van der Waals surface area contributed by atoms with E-state index in [1.54, 1.807) is 0 Å². The molecule has 0 aromatic rings. The predicted molar refractivity (Wildman–Crippen MR) is 187 cm³/mol. The van der Waals surface area contributed by atoms with Crippen LogP contribution in [0.15, 0.2) is 36.5 Å². The second-order valence-corrected chi connectivity index (χ2v) is 13.2. The van der Waals surface area contributed by atoms with Gasteiger partial charge in [-0.05, 0) is 57.8 Å². The lowest BCUT2D eigenvalue weighted by Gasteiger charge is -2.19. The first-order chi connectivity index (χ1) is 22.3. The first-order valence-electron chi connectivity index (χ1n) is 18.0. The molecular weight excluding hydrogens is 605 g/mol. The number of hydrogen-bond donors (Lipinski definition) is 2. The van der Waals surface area contributed by atoms with Gasteiger partial charge in [0.15, 0.2) is 6.10 Å². The van der Waals surface area contributed by atoms with E-state index in [9.17, 15) is 19.0 Å². The number of unbranched alkanes of at least 4 members (excludes halogenated alkanes) is 14. The minimum absolute atomic E-state index is 0.0493. The third kappa shape index (κ3) is 32.2. The molecule has 0 saturated carbocycles. The molecule has 3 N–H and O–H groups in total. The highest BCUT2D eigenvalue weighted by atomic mass is 31.2. The molecule has 268 valence electrons. The minimum atomic E-state index is -4.37. The summed E-state index contributed by atoms with van der Waals surface area (Å²) in [7, 11) is -4.37. The number of allylic oxidation sites excluding steroid dienone is 6. The molecule has 46 heavy (non-hydrogen) atoms. The summed E-state index contributed by atoms with van der Waals surface area (Å²) in [5.41, 5.74) is 5.32. The third-order valence-corrected chi connectivity index (χ3v) is 8.23. The Kier molecular flexibility index (Phi) is 31.9. The van der Waals surface area contributed by atoms with Crippen molar-refractivity contribution in [3.63, 3.8) is 0 Å². The summed E-state index contributed by atoms with van der Waals surface area (Å²) in [5.74, 6) is -0.861. The Morgan fingerprint density at radius 2 is 1.13 bits per heavy atom. The molecule has 0 aliphatic heterocycles. The number of carbonyl (C=O) groups is 2. The molecule has 0 heterocycles. The standard InChI is InChI=1S/C36H66NO8P/c1-3-5-7-9-11-13-15-16-17-19-20-22-24-26-28-35(38)42-32-34(33-44-46(40,41)43-31-30-37)45-36(39)29-27-25-23-21-18-14-12-10-8-6-4-2/h9-12,15-16,34H,3-8,13-14,17-33,37H2,1-2H3,(H,40,41)/b11-9-,12-10-,16-15-/t34-/m1/s1. The Morgan fingerprint density at radius 3 is 1.67 bits per heavy atom. The van der Waals surface area contributed by atoms with Crippen molar-refractivity contribution >= 4 is 19.8 Å². The van der Waals surface area contributed by atoms with Gasteiger partial charge in [0.1, 0.15) is 6.61 Å². The SMILES string of the molecule is CCCC/C=C\C/C=C\CCCCCCCC(=O)OC[C@H](COP(=O)(O)OCCN)OC(=O)CCCCCCC/C=C\CCCC. The van der Waals surface area contributed by atoms with Crippen LogP contribution in [0.4, 0.5) is 0 Å². The van der Waals surface area contributed by atoms with Crippen molar-refractivity contribution in [2.45, 2.75) is 155 Å². The Hall–Kier alpha value is -1.77. The zero-order valence-electron chi connectivity index (χ0n) is 29.0. The van der Waals surface area contributed by atoms with Crippen molar-refractivity contribution in [1.82, 2.24) is 0 Å². The molecule has 0 aromatic heterocycles. The summed E-state index contributed by atoms with van der Waals surface area (Å²) in [5, 5.41) is 0. The molecule has 0 fully saturated rings. The van der Waals surface area contributed by atoms with Crippen molar-refractivity contribution in [2.75, 3.05) is 26.4 Å². The molecule has 0 amide bonds. The van der Waals surface area contributed by atoms with Crippen LogP contribution in [0.3, 0.4) is 0 Å². The lowest BCUT2D eigenvalue weighted by atomic mass is 10.1. The number of carbonyl (C=O) groups excluding carboxylic acids is 2. The fourth-order valence-corrected chi connectivity index (χ4v) is 5.28. The molecule has 0 saturated heterocycles. The van der Waals surface area contributed by atoms with E-state index in [2.05, 4.69) is 50.3 Å². The first-order valence-corrected chi connectivity index (χ1v) is 19.5. The van der Waals surface area contributed by atoms with Crippen LogP contribution in [0.5, 0.6) is 0 Å². The highest BCUT2D eigenvalue weighted by molar-refractivity contribution is 7.47. The van der Waals surface area contributed by atoms with Gasteiger partial charge in [0.2, 0.25) is 0 Å². The average molecular weight is 672 g/mol. The Labute approximate surface area is 280 Å². The van der Waals surface area contributed by atoms with Crippen molar-refractivity contribution in [3.05, 3.63) is 36.5 Å². The number of phosphoric ester groups is 1. The zero-order valence-corrected chi connectivity index (χ0v) is 29.9. The molecule has 0 rings (SSSR count). The van der Waals surface area contributed by atoms with Crippen LogP contribution in [0.1, 0.15) is 149 Å². The van der Waals surface area contributed by atoms with Gasteiger partial charge in [-0.25, -0.2) is 4.57 Å². The topological polar surface area (TPSA) is 134 Å². The molecule has 0 aliphatic rings. The average Bonchev–Trinajstić information content (AvgIpc) is 3.04. The summed E-state index contributed by atoms with van der Waals surface area (Å²) in [6.07, 6.45) is 33.2. The van der Waals surface area contributed by atoms with Crippen molar-refractivity contribution in [2.24, 2.45) is 5.73 Å². The fraction of sp³-hybridized carbons (Fsp3) is 0.778. The van der Waals surface area contributed by atoms with E-state index >= 15 is 0 Å². The van der Waals surface area contributed by atoms with E-state index < -0.39 is 32.5 Å². The number of ether oxygens (including phenoxy) is 2. The molecule has 2 atom stereocenters. The first kappa shape index (κ1) is 44.2. The molecule has 0 aromatic carbocycles. The van der Waals surface area contributed by atoms with Gasteiger partial charge in [0, 0.05) is 19.4 Å². The highest BCUT2D eigenvalue weighted by Gasteiger charge is 2.25. The van der Waals surface area contributed by atoms with Crippen LogP contribution >= 0.6 is 7.82 Å². The maximum Gasteiger partial charge on any atom is 0.472 e. The zero-order chi connectivity index (χ0) is 34.0. The predicted octanol–water partition coefficient (Wildman–Crippen LogP) is 9.43. The number of phosphoric acid groups is 1. The van der Waals surface area contributed by atoms with Crippen molar-refractivity contribution in [3.8, 4) is 0 Å². The molecule has 0 radical (unpaired) electrons. The molecule has 9 nitrogen and oxygen atoms in total. The number of hydrogen-bond acceptors (Lipinski definition) is 8. The summed E-state index contributed by atoms with van der Waals surface area (Å²) < 4.78 is 32.5.